The standard InChI is InChI=1S/C9H8ClN3O2S/c10-7-5-6(13(14)15)1-2-8(7)16-9-11-3-4-12-9/h1-2,5H,3-4H2,(H,11,12). The van der Waals surface area contributed by atoms with Gasteiger partial charge in [0.05, 0.1) is 16.5 Å². The number of nitro benzene ring substituents is 1. The second-order valence-electron chi connectivity index (χ2n) is 3.09. The Morgan fingerprint density at radius 3 is 2.94 bits per heavy atom. The Labute approximate surface area is 101 Å². The zero-order valence-electron chi connectivity index (χ0n) is 8.14. The van der Waals surface area contributed by atoms with Crippen LogP contribution in [0.1, 0.15) is 0 Å². The van der Waals surface area contributed by atoms with E-state index in [2.05, 4.69) is 10.3 Å². The van der Waals surface area contributed by atoms with Gasteiger partial charge in [-0.3, -0.25) is 15.1 Å². The lowest BCUT2D eigenvalue weighted by Gasteiger charge is -2.03. The van der Waals surface area contributed by atoms with Crippen LogP contribution < -0.4 is 5.32 Å². The molecular weight excluding hydrogens is 250 g/mol. The first-order chi connectivity index (χ1) is 7.66. The fourth-order valence-electron chi connectivity index (χ4n) is 1.23. The molecule has 1 N–H and O–H groups in total. The van der Waals surface area contributed by atoms with E-state index in [4.69, 9.17) is 11.6 Å². The Hall–Kier alpha value is -1.27. The van der Waals surface area contributed by atoms with E-state index >= 15 is 0 Å². The monoisotopic (exact) mass is 257 g/mol. The van der Waals surface area contributed by atoms with Gasteiger partial charge in [-0.25, -0.2) is 0 Å². The van der Waals surface area contributed by atoms with Crippen molar-refractivity contribution in [1.29, 1.82) is 0 Å². The summed E-state index contributed by atoms with van der Waals surface area (Å²) in [6.45, 7) is 1.58. The van der Waals surface area contributed by atoms with Gasteiger partial charge in [-0.1, -0.05) is 23.4 Å². The van der Waals surface area contributed by atoms with E-state index < -0.39 is 4.92 Å². The Morgan fingerprint density at radius 2 is 2.38 bits per heavy atom. The highest BCUT2D eigenvalue weighted by Gasteiger charge is 2.13. The van der Waals surface area contributed by atoms with Crippen LogP contribution in [0.15, 0.2) is 28.1 Å². The van der Waals surface area contributed by atoms with Crippen molar-refractivity contribution in [2.45, 2.75) is 4.90 Å². The molecule has 1 aliphatic rings. The maximum absolute atomic E-state index is 10.5. The number of thioether (sulfide) groups is 1. The first kappa shape index (κ1) is 11.2. The highest BCUT2D eigenvalue weighted by molar-refractivity contribution is 8.14. The van der Waals surface area contributed by atoms with Gasteiger partial charge in [-0.15, -0.1) is 0 Å². The van der Waals surface area contributed by atoms with Crippen LogP contribution in [0.25, 0.3) is 0 Å². The molecule has 1 aromatic carbocycles. The number of non-ortho nitro benzene ring substituents is 1. The molecule has 1 aromatic rings. The number of amidine groups is 1. The van der Waals surface area contributed by atoms with Crippen molar-refractivity contribution in [3.63, 3.8) is 0 Å². The smallest absolute Gasteiger partial charge is 0.270 e. The van der Waals surface area contributed by atoms with Gasteiger partial charge >= 0.3 is 0 Å². The van der Waals surface area contributed by atoms with Gasteiger partial charge in [0, 0.05) is 23.6 Å². The number of aliphatic imine (C=N–C) groups is 1. The molecule has 0 bridgehead atoms. The normalized spacial score (nSPS) is 14.4. The third-order valence-corrected chi connectivity index (χ3v) is 3.44. The lowest BCUT2D eigenvalue weighted by Crippen LogP contribution is -2.14. The topological polar surface area (TPSA) is 67.5 Å². The molecule has 5 nitrogen and oxygen atoms in total. The molecular formula is C9H8ClN3O2S. The molecule has 0 aliphatic carbocycles. The molecule has 16 heavy (non-hydrogen) atoms. The summed E-state index contributed by atoms with van der Waals surface area (Å²) >= 11 is 7.33. The van der Waals surface area contributed by atoms with Crippen molar-refractivity contribution in [3.8, 4) is 0 Å². The van der Waals surface area contributed by atoms with E-state index in [1.54, 1.807) is 6.07 Å². The average Bonchev–Trinajstić information content (AvgIpc) is 2.73. The molecule has 0 radical (unpaired) electrons. The van der Waals surface area contributed by atoms with E-state index in [-0.39, 0.29) is 5.69 Å². The van der Waals surface area contributed by atoms with E-state index in [1.807, 2.05) is 0 Å². The van der Waals surface area contributed by atoms with Crippen molar-refractivity contribution in [2.75, 3.05) is 13.1 Å². The molecule has 1 aliphatic heterocycles. The van der Waals surface area contributed by atoms with Gasteiger partial charge in [-0.05, 0) is 6.07 Å². The maximum atomic E-state index is 10.5. The van der Waals surface area contributed by atoms with Crippen molar-refractivity contribution < 1.29 is 4.92 Å². The second-order valence-corrected chi connectivity index (χ2v) is 4.53. The largest absolute Gasteiger partial charge is 0.363 e. The number of halogens is 1. The number of nitrogens with one attached hydrogen (secondary N) is 1. The Morgan fingerprint density at radius 1 is 1.56 bits per heavy atom. The number of benzene rings is 1. The minimum atomic E-state index is -0.467. The Bertz CT molecular complexity index is 464. The summed E-state index contributed by atoms with van der Waals surface area (Å²) in [5, 5.41) is 14.8. The van der Waals surface area contributed by atoms with Crippen LogP contribution in [0.3, 0.4) is 0 Å². The van der Waals surface area contributed by atoms with E-state index in [0.29, 0.717) is 5.02 Å². The molecule has 0 aromatic heterocycles. The van der Waals surface area contributed by atoms with Crippen LogP contribution >= 0.6 is 23.4 Å². The summed E-state index contributed by atoms with van der Waals surface area (Å²) in [6.07, 6.45) is 0. The first-order valence-corrected chi connectivity index (χ1v) is 5.76. The average molecular weight is 258 g/mol. The molecule has 0 amide bonds. The summed E-state index contributed by atoms with van der Waals surface area (Å²) in [5.74, 6) is 0. The minimum Gasteiger partial charge on any atom is -0.363 e. The number of hydrogen-bond donors (Lipinski definition) is 1. The number of rotatable bonds is 2. The van der Waals surface area contributed by atoms with Crippen LogP contribution in [0.2, 0.25) is 5.02 Å². The Kier molecular flexibility index (Phi) is 3.31. The van der Waals surface area contributed by atoms with E-state index in [9.17, 15) is 10.1 Å². The number of nitrogens with zero attached hydrogens (tertiary/aromatic N) is 2. The third-order valence-electron chi connectivity index (χ3n) is 1.98. The summed E-state index contributed by atoms with van der Waals surface area (Å²) < 4.78 is 0. The molecule has 0 unspecified atom stereocenters. The summed E-state index contributed by atoms with van der Waals surface area (Å²) in [7, 11) is 0. The van der Waals surface area contributed by atoms with E-state index in [0.717, 1.165) is 23.2 Å². The minimum absolute atomic E-state index is 0.00401. The summed E-state index contributed by atoms with van der Waals surface area (Å²) in [6, 6.07) is 4.41. The van der Waals surface area contributed by atoms with Crippen LogP contribution in [-0.2, 0) is 0 Å². The highest BCUT2D eigenvalue weighted by atomic mass is 35.5. The van der Waals surface area contributed by atoms with Crippen LogP contribution in [0.5, 0.6) is 0 Å². The third kappa shape index (κ3) is 2.45. The first-order valence-electron chi connectivity index (χ1n) is 4.57. The molecule has 0 fully saturated rings. The summed E-state index contributed by atoms with van der Waals surface area (Å²) in [4.78, 5) is 15.0. The molecule has 0 atom stereocenters. The molecule has 2 rings (SSSR count). The van der Waals surface area contributed by atoms with Gasteiger partial charge in [0.1, 0.15) is 0 Å². The number of nitro groups is 1. The van der Waals surface area contributed by atoms with Gasteiger partial charge in [0.2, 0.25) is 0 Å². The van der Waals surface area contributed by atoms with Gasteiger partial charge in [0.25, 0.3) is 5.69 Å². The maximum Gasteiger partial charge on any atom is 0.270 e. The van der Waals surface area contributed by atoms with Gasteiger partial charge < -0.3 is 5.32 Å². The quantitative estimate of drug-likeness (QED) is 0.652. The number of hydrogen-bond acceptors (Lipinski definition) is 5. The van der Waals surface area contributed by atoms with E-state index in [1.165, 1.54) is 23.9 Å². The van der Waals surface area contributed by atoms with Crippen molar-refractivity contribution in [3.05, 3.63) is 33.3 Å². The summed E-state index contributed by atoms with van der Waals surface area (Å²) in [5.41, 5.74) is -0.00401. The SMILES string of the molecule is O=[N+]([O-])c1ccc(SC2=NCCN2)c(Cl)c1. The molecule has 0 saturated heterocycles. The highest BCUT2D eigenvalue weighted by Crippen LogP contribution is 2.31. The van der Waals surface area contributed by atoms with Gasteiger partial charge in [0.15, 0.2) is 5.17 Å². The van der Waals surface area contributed by atoms with Crippen molar-refractivity contribution in [2.24, 2.45) is 4.99 Å². The zero-order valence-corrected chi connectivity index (χ0v) is 9.72. The van der Waals surface area contributed by atoms with Crippen molar-refractivity contribution in [1.82, 2.24) is 5.32 Å². The van der Waals surface area contributed by atoms with Gasteiger partial charge in [-0.2, -0.15) is 0 Å². The molecule has 0 spiro atoms. The Balaban J connectivity index is 2.19. The van der Waals surface area contributed by atoms with Crippen LogP contribution in [0.4, 0.5) is 5.69 Å². The fraction of sp³-hybridized carbons (Fsp3) is 0.222. The molecule has 84 valence electrons. The predicted octanol–water partition coefficient (Wildman–Crippen LogP) is 2.30. The lowest BCUT2D eigenvalue weighted by molar-refractivity contribution is -0.384. The predicted molar refractivity (Wildman–Crippen MR) is 64.3 cm³/mol. The second kappa shape index (κ2) is 4.71. The molecule has 0 saturated carbocycles. The van der Waals surface area contributed by atoms with Crippen LogP contribution in [0, 0.1) is 10.1 Å². The fourth-order valence-corrected chi connectivity index (χ4v) is 2.36. The zero-order chi connectivity index (χ0) is 11.5. The molecule has 1 heterocycles. The molecule has 7 heteroatoms. The van der Waals surface area contributed by atoms with Crippen LogP contribution in [-0.4, -0.2) is 23.2 Å². The van der Waals surface area contributed by atoms with Crippen molar-refractivity contribution >= 4 is 34.2 Å². The lowest BCUT2D eigenvalue weighted by atomic mass is 10.3.